The minimum atomic E-state index is -0.187. The monoisotopic (exact) mass is 334 g/mol. The predicted molar refractivity (Wildman–Crippen MR) is 92.9 cm³/mol. The summed E-state index contributed by atoms with van der Waals surface area (Å²) in [6, 6.07) is 10.7. The maximum atomic E-state index is 12.1. The van der Waals surface area contributed by atoms with E-state index in [9.17, 15) is 4.79 Å². The van der Waals surface area contributed by atoms with Crippen molar-refractivity contribution in [3.63, 3.8) is 0 Å². The Hall–Kier alpha value is -2.40. The number of nitrogens with one attached hydrogen (secondary N) is 2. The number of anilines is 2. The molecule has 122 valence electrons. The Labute approximate surface area is 140 Å². The standard InChI is InChI=1S/C17H19ClN2O3/c1-11-4-5-12(18)8-15(11)19-10-17(21)20-14-7-6-13(22-2)9-16(14)23-3/h4-9,19H,10H2,1-3H3,(H,20,21). The smallest absolute Gasteiger partial charge is 0.243 e. The van der Waals surface area contributed by atoms with Crippen LogP contribution in [0.25, 0.3) is 0 Å². The number of rotatable bonds is 6. The molecule has 0 aliphatic carbocycles. The van der Waals surface area contributed by atoms with Crippen LogP contribution < -0.4 is 20.1 Å². The van der Waals surface area contributed by atoms with Crippen LogP contribution >= 0.6 is 11.6 Å². The minimum absolute atomic E-state index is 0.121. The van der Waals surface area contributed by atoms with Gasteiger partial charge in [-0.25, -0.2) is 0 Å². The summed E-state index contributed by atoms with van der Waals surface area (Å²) in [7, 11) is 3.11. The summed E-state index contributed by atoms with van der Waals surface area (Å²) in [4.78, 5) is 12.1. The van der Waals surface area contributed by atoms with Crippen molar-refractivity contribution < 1.29 is 14.3 Å². The molecular weight excluding hydrogens is 316 g/mol. The van der Waals surface area contributed by atoms with Crippen molar-refractivity contribution in [2.75, 3.05) is 31.4 Å². The molecular formula is C17H19ClN2O3. The molecule has 1 amide bonds. The molecule has 0 unspecified atom stereocenters. The molecule has 0 atom stereocenters. The molecule has 2 rings (SSSR count). The lowest BCUT2D eigenvalue weighted by atomic mass is 10.2. The molecule has 0 fully saturated rings. The van der Waals surface area contributed by atoms with Gasteiger partial charge in [0.1, 0.15) is 11.5 Å². The molecule has 0 heterocycles. The van der Waals surface area contributed by atoms with Crippen molar-refractivity contribution in [1.82, 2.24) is 0 Å². The average molecular weight is 335 g/mol. The lowest BCUT2D eigenvalue weighted by Crippen LogP contribution is -2.22. The Morgan fingerprint density at radius 2 is 1.87 bits per heavy atom. The third kappa shape index (κ3) is 4.53. The van der Waals surface area contributed by atoms with Crippen LogP contribution in [0.5, 0.6) is 11.5 Å². The minimum Gasteiger partial charge on any atom is -0.497 e. The van der Waals surface area contributed by atoms with Gasteiger partial charge in [-0.05, 0) is 36.8 Å². The van der Waals surface area contributed by atoms with Gasteiger partial charge in [-0.15, -0.1) is 0 Å². The van der Waals surface area contributed by atoms with Gasteiger partial charge in [0.15, 0.2) is 0 Å². The van der Waals surface area contributed by atoms with Crippen LogP contribution in [0.3, 0.4) is 0 Å². The van der Waals surface area contributed by atoms with Gasteiger partial charge in [-0.1, -0.05) is 17.7 Å². The topological polar surface area (TPSA) is 59.6 Å². The Kier molecular flexibility index (Phi) is 5.71. The zero-order chi connectivity index (χ0) is 16.8. The molecule has 0 saturated carbocycles. The molecule has 0 saturated heterocycles. The van der Waals surface area contributed by atoms with Gasteiger partial charge in [0.2, 0.25) is 5.91 Å². The molecule has 0 aliphatic heterocycles. The van der Waals surface area contributed by atoms with Crippen LogP contribution in [0.2, 0.25) is 5.02 Å². The third-order valence-corrected chi connectivity index (χ3v) is 3.56. The number of amides is 1. The Bertz CT molecular complexity index is 704. The average Bonchev–Trinajstić information content (AvgIpc) is 2.56. The van der Waals surface area contributed by atoms with Gasteiger partial charge in [0.25, 0.3) is 0 Å². The maximum Gasteiger partial charge on any atom is 0.243 e. The molecule has 0 spiro atoms. The number of carbonyl (C=O) groups excluding carboxylic acids is 1. The van der Waals surface area contributed by atoms with E-state index in [1.54, 1.807) is 31.4 Å². The van der Waals surface area contributed by atoms with Crippen molar-refractivity contribution >= 4 is 28.9 Å². The fraction of sp³-hybridized carbons (Fsp3) is 0.235. The highest BCUT2D eigenvalue weighted by atomic mass is 35.5. The second kappa shape index (κ2) is 7.74. The number of benzene rings is 2. The van der Waals surface area contributed by atoms with Gasteiger partial charge < -0.3 is 20.1 Å². The highest BCUT2D eigenvalue weighted by Gasteiger charge is 2.09. The first-order chi connectivity index (χ1) is 11.0. The van der Waals surface area contributed by atoms with E-state index in [1.165, 1.54) is 7.11 Å². The van der Waals surface area contributed by atoms with Gasteiger partial charge in [0.05, 0.1) is 26.5 Å². The van der Waals surface area contributed by atoms with Crippen LogP contribution in [-0.4, -0.2) is 26.7 Å². The van der Waals surface area contributed by atoms with Gasteiger partial charge in [-0.3, -0.25) is 4.79 Å². The van der Waals surface area contributed by atoms with E-state index in [-0.39, 0.29) is 12.5 Å². The molecule has 5 nitrogen and oxygen atoms in total. The first-order valence-corrected chi connectivity index (χ1v) is 7.43. The second-order valence-corrected chi connectivity index (χ2v) is 5.36. The fourth-order valence-electron chi connectivity index (χ4n) is 2.06. The SMILES string of the molecule is COc1ccc(NC(=O)CNc2cc(Cl)ccc2C)c(OC)c1. The largest absolute Gasteiger partial charge is 0.497 e. The third-order valence-electron chi connectivity index (χ3n) is 3.32. The van der Waals surface area contributed by atoms with Crippen molar-refractivity contribution in [2.24, 2.45) is 0 Å². The van der Waals surface area contributed by atoms with Crippen LogP contribution in [0.4, 0.5) is 11.4 Å². The van der Waals surface area contributed by atoms with E-state index in [4.69, 9.17) is 21.1 Å². The van der Waals surface area contributed by atoms with Crippen LogP contribution in [0.1, 0.15) is 5.56 Å². The highest BCUT2D eigenvalue weighted by Crippen LogP contribution is 2.29. The van der Waals surface area contributed by atoms with E-state index >= 15 is 0 Å². The molecule has 0 bridgehead atoms. The van der Waals surface area contributed by atoms with Gasteiger partial charge >= 0.3 is 0 Å². The quantitative estimate of drug-likeness (QED) is 0.845. The number of aryl methyl sites for hydroxylation is 1. The van der Waals surface area contributed by atoms with E-state index in [0.717, 1.165) is 11.3 Å². The molecule has 0 radical (unpaired) electrons. The molecule has 0 aromatic heterocycles. The molecule has 2 aromatic rings. The zero-order valence-corrected chi connectivity index (χ0v) is 14.0. The van der Waals surface area contributed by atoms with Crippen molar-refractivity contribution in [2.45, 2.75) is 6.92 Å². The lowest BCUT2D eigenvalue weighted by Gasteiger charge is -2.13. The number of hydrogen-bond donors (Lipinski definition) is 2. The van der Waals surface area contributed by atoms with Crippen LogP contribution in [0.15, 0.2) is 36.4 Å². The first kappa shape index (κ1) is 17.0. The summed E-state index contributed by atoms with van der Waals surface area (Å²) in [5.41, 5.74) is 2.43. The summed E-state index contributed by atoms with van der Waals surface area (Å²) in [6.07, 6.45) is 0. The highest BCUT2D eigenvalue weighted by molar-refractivity contribution is 6.30. The van der Waals surface area contributed by atoms with Gasteiger partial charge in [0, 0.05) is 16.8 Å². The van der Waals surface area contributed by atoms with Crippen molar-refractivity contribution in [1.29, 1.82) is 0 Å². The summed E-state index contributed by atoms with van der Waals surface area (Å²) in [5.74, 6) is 1.01. The molecule has 2 aromatic carbocycles. The van der Waals surface area contributed by atoms with Gasteiger partial charge in [-0.2, -0.15) is 0 Å². The van der Waals surface area contributed by atoms with Crippen molar-refractivity contribution in [3.05, 3.63) is 47.0 Å². The van der Waals surface area contributed by atoms with Crippen LogP contribution in [0, 0.1) is 6.92 Å². The number of methoxy groups -OCH3 is 2. The zero-order valence-electron chi connectivity index (χ0n) is 13.3. The Morgan fingerprint density at radius 3 is 2.57 bits per heavy atom. The van der Waals surface area contributed by atoms with Crippen molar-refractivity contribution in [3.8, 4) is 11.5 Å². The summed E-state index contributed by atoms with van der Waals surface area (Å²) in [6.45, 7) is 2.07. The number of halogens is 1. The van der Waals surface area contributed by atoms with E-state index < -0.39 is 0 Å². The Balaban J connectivity index is 2.01. The number of ether oxygens (including phenoxy) is 2. The lowest BCUT2D eigenvalue weighted by molar-refractivity contribution is -0.114. The Morgan fingerprint density at radius 1 is 1.09 bits per heavy atom. The number of carbonyl (C=O) groups is 1. The first-order valence-electron chi connectivity index (χ1n) is 7.05. The molecule has 6 heteroatoms. The summed E-state index contributed by atoms with van der Waals surface area (Å²) in [5, 5.41) is 6.49. The second-order valence-electron chi connectivity index (χ2n) is 4.93. The normalized spacial score (nSPS) is 10.1. The van der Waals surface area contributed by atoms with E-state index in [0.29, 0.717) is 22.2 Å². The molecule has 23 heavy (non-hydrogen) atoms. The molecule has 0 aliphatic rings. The summed E-state index contributed by atoms with van der Waals surface area (Å²) >= 11 is 5.96. The number of hydrogen-bond acceptors (Lipinski definition) is 4. The van der Waals surface area contributed by atoms with E-state index in [2.05, 4.69) is 10.6 Å². The van der Waals surface area contributed by atoms with E-state index in [1.807, 2.05) is 19.1 Å². The van der Waals surface area contributed by atoms with Crippen LogP contribution in [-0.2, 0) is 4.79 Å². The molecule has 2 N–H and O–H groups in total. The summed E-state index contributed by atoms with van der Waals surface area (Å²) < 4.78 is 10.4. The fourth-order valence-corrected chi connectivity index (χ4v) is 2.23. The maximum absolute atomic E-state index is 12.1. The predicted octanol–water partition coefficient (Wildman–Crippen LogP) is 3.72.